The lowest BCUT2D eigenvalue weighted by Crippen LogP contribution is -2.02. The summed E-state index contributed by atoms with van der Waals surface area (Å²) >= 11 is 0. The first-order chi connectivity index (χ1) is 10.6. The molecule has 3 aromatic rings. The Hall–Kier alpha value is -3.30. The van der Waals surface area contributed by atoms with E-state index in [4.69, 9.17) is 0 Å². The second kappa shape index (κ2) is 5.24. The molecule has 0 aliphatic carbocycles. The van der Waals surface area contributed by atoms with E-state index in [2.05, 4.69) is 25.5 Å². The number of nitro groups is 1. The van der Waals surface area contributed by atoms with Crippen LogP contribution in [0, 0.1) is 17.0 Å². The molecule has 0 fully saturated rings. The van der Waals surface area contributed by atoms with Gasteiger partial charge in [0.2, 0.25) is 11.8 Å². The number of anilines is 2. The first kappa shape index (κ1) is 13.7. The normalized spacial score (nSPS) is 10.6. The van der Waals surface area contributed by atoms with Gasteiger partial charge in [-0.2, -0.15) is 10.2 Å². The Balaban J connectivity index is 1.92. The molecule has 3 heterocycles. The van der Waals surface area contributed by atoms with Gasteiger partial charge in [0.25, 0.3) is 0 Å². The van der Waals surface area contributed by atoms with Gasteiger partial charge in [-0.1, -0.05) is 0 Å². The van der Waals surface area contributed by atoms with Crippen molar-refractivity contribution in [3.63, 3.8) is 0 Å². The summed E-state index contributed by atoms with van der Waals surface area (Å²) in [5, 5.41) is 22.3. The molecule has 3 rings (SSSR count). The van der Waals surface area contributed by atoms with E-state index in [9.17, 15) is 10.1 Å². The van der Waals surface area contributed by atoms with Gasteiger partial charge >= 0.3 is 5.69 Å². The molecule has 0 spiro atoms. The molecule has 0 amide bonds. The van der Waals surface area contributed by atoms with Crippen LogP contribution >= 0.6 is 0 Å². The van der Waals surface area contributed by atoms with Crippen LogP contribution in [0.15, 0.2) is 30.9 Å². The second-order valence-corrected chi connectivity index (χ2v) is 4.51. The number of hydrogen-bond donors (Lipinski definition) is 1. The summed E-state index contributed by atoms with van der Waals surface area (Å²) in [4.78, 5) is 18.8. The van der Waals surface area contributed by atoms with E-state index in [0.29, 0.717) is 17.3 Å². The van der Waals surface area contributed by atoms with Crippen LogP contribution in [-0.2, 0) is 7.05 Å². The fraction of sp³-hybridized carbons (Fsp3) is 0.167. The number of aryl methyl sites for hydroxylation is 2. The SMILES string of the molecule is Cc1nn(C)c(Nc2cnn(-c3ncccn3)c2)c1[N+](=O)[O-]. The van der Waals surface area contributed by atoms with Gasteiger partial charge in [-0.05, 0) is 13.0 Å². The van der Waals surface area contributed by atoms with Crippen molar-refractivity contribution < 1.29 is 4.92 Å². The maximum atomic E-state index is 11.1. The molecule has 112 valence electrons. The molecular weight excluding hydrogens is 288 g/mol. The summed E-state index contributed by atoms with van der Waals surface area (Å²) in [7, 11) is 1.63. The molecule has 0 aliphatic rings. The molecule has 0 atom stereocenters. The first-order valence-corrected chi connectivity index (χ1v) is 6.33. The van der Waals surface area contributed by atoms with E-state index in [1.54, 1.807) is 38.6 Å². The smallest absolute Gasteiger partial charge is 0.332 e. The molecule has 0 bridgehead atoms. The van der Waals surface area contributed by atoms with Crippen LogP contribution in [0.2, 0.25) is 0 Å². The van der Waals surface area contributed by atoms with Crippen molar-refractivity contribution in [3.8, 4) is 5.95 Å². The zero-order chi connectivity index (χ0) is 15.7. The third kappa shape index (κ3) is 2.37. The lowest BCUT2D eigenvalue weighted by atomic mass is 10.4. The predicted molar refractivity (Wildman–Crippen MR) is 77.0 cm³/mol. The summed E-state index contributed by atoms with van der Waals surface area (Å²) < 4.78 is 2.89. The van der Waals surface area contributed by atoms with Gasteiger partial charge in [0, 0.05) is 19.4 Å². The van der Waals surface area contributed by atoms with Crippen LogP contribution in [0.5, 0.6) is 0 Å². The molecule has 10 heteroatoms. The van der Waals surface area contributed by atoms with Crippen LogP contribution in [0.3, 0.4) is 0 Å². The lowest BCUT2D eigenvalue weighted by Gasteiger charge is -2.02. The van der Waals surface area contributed by atoms with Crippen LogP contribution in [-0.4, -0.2) is 34.5 Å². The Morgan fingerprint density at radius 2 is 2.05 bits per heavy atom. The maximum absolute atomic E-state index is 11.1. The monoisotopic (exact) mass is 300 g/mol. The molecule has 0 aromatic carbocycles. The number of aromatic nitrogens is 6. The standard InChI is InChI=1S/C12H12N8O2/c1-8-10(20(21)22)11(18(2)17-8)16-9-6-15-19(7-9)12-13-4-3-5-14-12/h3-7,16H,1-2H3. The average Bonchev–Trinajstić information content (AvgIpc) is 3.05. The number of rotatable bonds is 4. The summed E-state index contributed by atoms with van der Waals surface area (Å²) in [6.07, 6.45) is 6.38. The van der Waals surface area contributed by atoms with Gasteiger partial charge in [-0.3, -0.25) is 10.1 Å². The number of nitrogens with one attached hydrogen (secondary N) is 1. The third-order valence-electron chi connectivity index (χ3n) is 2.98. The fourth-order valence-electron chi connectivity index (χ4n) is 2.05. The minimum absolute atomic E-state index is 0.0637. The molecule has 0 unspecified atom stereocenters. The van der Waals surface area contributed by atoms with Gasteiger partial charge in [0.1, 0.15) is 5.69 Å². The molecule has 0 aliphatic heterocycles. The Morgan fingerprint density at radius 1 is 1.32 bits per heavy atom. The highest BCUT2D eigenvalue weighted by Gasteiger charge is 2.24. The highest BCUT2D eigenvalue weighted by atomic mass is 16.6. The van der Waals surface area contributed by atoms with Gasteiger partial charge in [0.05, 0.1) is 23.0 Å². The quantitative estimate of drug-likeness (QED) is 0.571. The molecule has 1 N–H and O–H groups in total. The van der Waals surface area contributed by atoms with E-state index in [1.165, 1.54) is 15.6 Å². The van der Waals surface area contributed by atoms with Crippen molar-refractivity contribution in [2.75, 3.05) is 5.32 Å². The Morgan fingerprint density at radius 3 is 2.73 bits per heavy atom. The maximum Gasteiger partial charge on any atom is 0.334 e. The fourth-order valence-corrected chi connectivity index (χ4v) is 2.05. The largest absolute Gasteiger partial charge is 0.334 e. The topological polar surface area (TPSA) is 117 Å². The Bertz CT molecular complexity index is 823. The molecule has 0 radical (unpaired) electrons. The minimum atomic E-state index is -0.463. The van der Waals surface area contributed by atoms with Crippen molar-refractivity contribution in [3.05, 3.63) is 46.7 Å². The van der Waals surface area contributed by atoms with Crippen molar-refractivity contribution in [1.29, 1.82) is 0 Å². The highest BCUT2D eigenvalue weighted by molar-refractivity contribution is 5.67. The van der Waals surface area contributed by atoms with E-state index < -0.39 is 4.92 Å². The highest BCUT2D eigenvalue weighted by Crippen LogP contribution is 2.29. The third-order valence-corrected chi connectivity index (χ3v) is 2.98. The first-order valence-electron chi connectivity index (χ1n) is 6.33. The number of nitrogens with zero attached hydrogens (tertiary/aromatic N) is 7. The average molecular weight is 300 g/mol. The predicted octanol–water partition coefficient (Wildman–Crippen LogP) is 1.36. The van der Waals surface area contributed by atoms with Crippen molar-refractivity contribution in [2.24, 2.45) is 7.05 Å². The van der Waals surface area contributed by atoms with E-state index in [-0.39, 0.29) is 11.5 Å². The van der Waals surface area contributed by atoms with Crippen molar-refractivity contribution in [1.82, 2.24) is 29.5 Å². The zero-order valence-corrected chi connectivity index (χ0v) is 11.8. The van der Waals surface area contributed by atoms with Crippen molar-refractivity contribution in [2.45, 2.75) is 6.92 Å². The Labute approximate surface area is 124 Å². The van der Waals surface area contributed by atoms with Crippen LogP contribution in [0.1, 0.15) is 5.69 Å². The van der Waals surface area contributed by atoms with Crippen LogP contribution in [0.4, 0.5) is 17.2 Å². The molecular formula is C12H12N8O2. The van der Waals surface area contributed by atoms with Gasteiger partial charge in [0.15, 0.2) is 0 Å². The van der Waals surface area contributed by atoms with E-state index in [1.807, 2.05) is 0 Å². The lowest BCUT2D eigenvalue weighted by molar-refractivity contribution is -0.384. The molecule has 10 nitrogen and oxygen atoms in total. The van der Waals surface area contributed by atoms with Crippen LogP contribution in [0.25, 0.3) is 5.95 Å². The number of hydrogen-bond acceptors (Lipinski definition) is 7. The molecule has 22 heavy (non-hydrogen) atoms. The van der Waals surface area contributed by atoms with E-state index in [0.717, 1.165) is 0 Å². The summed E-state index contributed by atoms with van der Waals surface area (Å²) in [5.74, 6) is 0.697. The van der Waals surface area contributed by atoms with Crippen LogP contribution < -0.4 is 5.32 Å². The minimum Gasteiger partial charge on any atom is -0.332 e. The molecule has 3 aromatic heterocycles. The van der Waals surface area contributed by atoms with Gasteiger partial charge < -0.3 is 5.32 Å². The molecule has 0 saturated heterocycles. The second-order valence-electron chi connectivity index (χ2n) is 4.51. The summed E-state index contributed by atoms with van der Waals surface area (Å²) in [6, 6.07) is 1.70. The zero-order valence-electron chi connectivity index (χ0n) is 11.8. The molecule has 0 saturated carbocycles. The van der Waals surface area contributed by atoms with Crippen molar-refractivity contribution >= 4 is 17.2 Å². The van der Waals surface area contributed by atoms with E-state index >= 15 is 0 Å². The van der Waals surface area contributed by atoms with Gasteiger partial charge in [-0.15, -0.1) is 0 Å². The summed E-state index contributed by atoms with van der Waals surface area (Å²) in [5.41, 5.74) is 0.846. The summed E-state index contributed by atoms with van der Waals surface area (Å²) in [6.45, 7) is 1.59. The van der Waals surface area contributed by atoms with Gasteiger partial charge in [-0.25, -0.2) is 19.3 Å². The Kier molecular flexibility index (Phi) is 3.26.